The maximum atomic E-state index is 12.3. The number of H-pyrrole nitrogens is 1. The van der Waals surface area contributed by atoms with Gasteiger partial charge in [0.25, 0.3) is 0 Å². The van der Waals surface area contributed by atoms with Gasteiger partial charge in [0.05, 0.1) is 6.20 Å². The molecule has 1 aromatic carbocycles. The van der Waals surface area contributed by atoms with Crippen LogP contribution >= 0.6 is 0 Å². The first-order chi connectivity index (χ1) is 14.2. The van der Waals surface area contributed by atoms with Gasteiger partial charge in [-0.2, -0.15) is 0 Å². The monoisotopic (exact) mass is 413 g/mol. The van der Waals surface area contributed by atoms with Crippen LogP contribution in [0.3, 0.4) is 0 Å². The molecule has 1 amide bonds. The lowest BCUT2D eigenvalue weighted by molar-refractivity contribution is 0.0500. The molecule has 0 aliphatic heterocycles. The number of nitrogens with one attached hydrogen (secondary N) is 2. The van der Waals surface area contributed by atoms with Gasteiger partial charge in [-0.1, -0.05) is 44.2 Å². The average Bonchev–Trinajstić information content (AvgIpc) is 3.16. The summed E-state index contributed by atoms with van der Waals surface area (Å²) in [6.45, 7) is 9.64. The molecule has 0 spiro atoms. The fourth-order valence-electron chi connectivity index (χ4n) is 3.28. The number of amides is 1. The molecule has 2 aromatic rings. The predicted molar refractivity (Wildman–Crippen MR) is 119 cm³/mol. The van der Waals surface area contributed by atoms with Gasteiger partial charge in [0.2, 0.25) is 0 Å². The number of benzene rings is 1. The fraction of sp³-hybridized carbons (Fsp3) is 0.542. The number of aromatic nitrogens is 2. The van der Waals surface area contributed by atoms with Crippen LogP contribution in [0.25, 0.3) is 0 Å². The van der Waals surface area contributed by atoms with Crippen LogP contribution < -0.4 is 5.32 Å². The highest BCUT2D eigenvalue weighted by atomic mass is 16.6. The van der Waals surface area contributed by atoms with Gasteiger partial charge in [-0.05, 0) is 52.0 Å². The summed E-state index contributed by atoms with van der Waals surface area (Å²) in [5.74, 6) is 1.05. The molecule has 2 atom stereocenters. The number of aromatic amines is 1. The van der Waals surface area contributed by atoms with Crippen LogP contribution in [0.1, 0.15) is 88.1 Å². The molecule has 0 bridgehead atoms. The molecule has 164 valence electrons. The Hall–Kier alpha value is -2.63. The Balaban J connectivity index is 2.00. The van der Waals surface area contributed by atoms with Gasteiger partial charge in [0.15, 0.2) is 5.78 Å². The van der Waals surface area contributed by atoms with Gasteiger partial charge in [-0.15, -0.1) is 0 Å². The number of rotatable bonds is 10. The van der Waals surface area contributed by atoms with Crippen LogP contribution in [-0.4, -0.2) is 33.5 Å². The molecule has 6 heteroatoms. The van der Waals surface area contributed by atoms with E-state index in [1.807, 2.05) is 45.9 Å². The first kappa shape index (κ1) is 23.6. The Labute approximate surface area is 179 Å². The van der Waals surface area contributed by atoms with Crippen molar-refractivity contribution < 1.29 is 14.3 Å². The van der Waals surface area contributed by atoms with E-state index in [0.717, 1.165) is 37.1 Å². The summed E-state index contributed by atoms with van der Waals surface area (Å²) in [6.07, 6.45) is 4.89. The fourth-order valence-corrected chi connectivity index (χ4v) is 3.28. The molecular formula is C24H35N3O3. The van der Waals surface area contributed by atoms with Crippen molar-refractivity contribution in [2.24, 2.45) is 0 Å². The predicted octanol–water partition coefficient (Wildman–Crippen LogP) is 5.41. The normalized spacial score (nSPS) is 13.5. The summed E-state index contributed by atoms with van der Waals surface area (Å²) in [5.41, 5.74) is 1.20. The molecule has 0 aliphatic carbocycles. The van der Waals surface area contributed by atoms with Crippen LogP contribution in [0.5, 0.6) is 0 Å². The quantitative estimate of drug-likeness (QED) is 0.510. The number of carbonyl (C=O) groups is 2. The SMILES string of the molecule is CCCC(=O)c1cnc(C(C)CC[C@H](Cc2ccccc2)NC(=O)OC(C)(C)C)[nH]1. The molecule has 0 saturated heterocycles. The standard InChI is InChI=1S/C24H35N3O3/c1-6-10-21(28)20-16-25-22(27-20)17(2)13-14-19(15-18-11-8-7-9-12-18)26-23(29)30-24(3,4)5/h7-9,11-12,16-17,19H,6,10,13-15H2,1-5H3,(H,25,27)(H,26,29)/t17?,19-/m1/s1. The van der Waals surface area contributed by atoms with E-state index >= 15 is 0 Å². The Kier molecular flexibility index (Phi) is 8.63. The maximum Gasteiger partial charge on any atom is 0.407 e. The van der Waals surface area contributed by atoms with Crippen molar-refractivity contribution >= 4 is 11.9 Å². The van der Waals surface area contributed by atoms with Gasteiger partial charge in [-0.3, -0.25) is 4.79 Å². The topological polar surface area (TPSA) is 84.1 Å². The van der Waals surface area contributed by atoms with Crippen LogP contribution in [0.4, 0.5) is 4.79 Å². The van der Waals surface area contributed by atoms with Crippen molar-refractivity contribution in [3.63, 3.8) is 0 Å². The van der Waals surface area contributed by atoms with Crippen molar-refractivity contribution in [2.75, 3.05) is 0 Å². The molecule has 6 nitrogen and oxygen atoms in total. The van der Waals surface area contributed by atoms with E-state index in [2.05, 4.69) is 34.3 Å². The number of alkyl carbamates (subject to hydrolysis) is 1. The van der Waals surface area contributed by atoms with Crippen molar-refractivity contribution in [1.29, 1.82) is 0 Å². The number of hydrogen-bond donors (Lipinski definition) is 2. The van der Waals surface area contributed by atoms with E-state index in [1.54, 1.807) is 6.20 Å². The zero-order valence-corrected chi connectivity index (χ0v) is 18.8. The van der Waals surface area contributed by atoms with Crippen molar-refractivity contribution in [3.8, 4) is 0 Å². The number of ether oxygens (including phenoxy) is 1. The van der Waals surface area contributed by atoms with E-state index in [-0.39, 0.29) is 17.7 Å². The first-order valence-electron chi connectivity index (χ1n) is 10.8. The number of hydrogen-bond acceptors (Lipinski definition) is 4. The maximum absolute atomic E-state index is 12.3. The van der Waals surface area contributed by atoms with E-state index in [9.17, 15) is 9.59 Å². The Morgan fingerprint density at radius 2 is 1.87 bits per heavy atom. The summed E-state index contributed by atoms with van der Waals surface area (Å²) in [4.78, 5) is 31.9. The van der Waals surface area contributed by atoms with E-state index < -0.39 is 11.7 Å². The molecule has 1 heterocycles. The molecular weight excluding hydrogens is 378 g/mol. The lowest BCUT2D eigenvalue weighted by Gasteiger charge is -2.24. The van der Waals surface area contributed by atoms with Crippen LogP contribution in [0.15, 0.2) is 36.5 Å². The minimum atomic E-state index is -0.537. The van der Waals surface area contributed by atoms with Gasteiger partial charge < -0.3 is 15.0 Å². The summed E-state index contributed by atoms with van der Waals surface area (Å²) < 4.78 is 5.44. The second kappa shape index (κ2) is 11.0. The highest BCUT2D eigenvalue weighted by Crippen LogP contribution is 2.21. The molecule has 0 radical (unpaired) electrons. The van der Waals surface area contributed by atoms with Crippen molar-refractivity contribution in [1.82, 2.24) is 15.3 Å². The molecule has 2 N–H and O–H groups in total. The number of imidazole rings is 1. The number of carbonyl (C=O) groups excluding carboxylic acids is 2. The molecule has 2 rings (SSSR count). The first-order valence-corrected chi connectivity index (χ1v) is 10.8. The zero-order valence-electron chi connectivity index (χ0n) is 18.8. The molecule has 30 heavy (non-hydrogen) atoms. The third-order valence-electron chi connectivity index (χ3n) is 4.83. The largest absolute Gasteiger partial charge is 0.444 e. The van der Waals surface area contributed by atoms with E-state index in [0.29, 0.717) is 12.1 Å². The van der Waals surface area contributed by atoms with Gasteiger partial charge >= 0.3 is 6.09 Å². The molecule has 0 fully saturated rings. The van der Waals surface area contributed by atoms with E-state index in [4.69, 9.17) is 4.74 Å². The highest BCUT2D eigenvalue weighted by Gasteiger charge is 2.21. The summed E-state index contributed by atoms with van der Waals surface area (Å²) in [5, 5.41) is 3.02. The Morgan fingerprint density at radius 1 is 1.17 bits per heavy atom. The second-order valence-corrected chi connectivity index (χ2v) is 8.87. The average molecular weight is 414 g/mol. The summed E-state index contributed by atoms with van der Waals surface area (Å²) in [7, 11) is 0. The van der Waals surface area contributed by atoms with E-state index in [1.165, 1.54) is 0 Å². The molecule has 1 aromatic heterocycles. The lowest BCUT2D eigenvalue weighted by atomic mass is 9.96. The number of Topliss-reactive ketones (excluding diaryl/α,β-unsaturated/α-hetero) is 1. The molecule has 0 aliphatic rings. The Bertz CT molecular complexity index is 809. The number of ketones is 1. The minimum Gasteiger partial charge on any atom is -0.444 e. The summed E-state index contributed by atoms with van der Waals surface area (Å²) >= 11 is 0. The smallest absolute Gasteiger partial charge is 0.407 e. The van der Waals surface area contributed by atoms with Crippen molar-refractivity contribution in [2.45, 2.75) is 84.3 Å². The third-order valence-corrected chi connectivity index (χ3v) is 4.83. The summed E-state index contributed by atoms with van der Waals surface area (Å²) in [6, 6.07) is 10.0. The molecule has 1 unspecified atom stereocenters. The lowest BCUT2D eigenvalue weighted by Crippen LogP contribution is -2.40. The van der Waals surface area contributed by atoms with Crippen LogP contribution in [-0.2, 0) is 11.2 Å². The Morgan fingerprint density at radius 3 is 2.50 bits per heavy atom. The highest BCUT2D eigenvalue weighted by molar-refractivity contribution is 5.94. The van der Waals surface area contributed by atoms with Crippen LogP contribution in [0.2, 0.25) is 0 Å². The zero-order chi connectivity index (χ0) is 22.1. The second-order valence-electron chi connectivity index (χ2n) is 8.87. The third kappa shape index (κ3) is 8.01. The minimum absolute atomic E-state index is 0.0548. The van der Waals surface area contributed by atoms with Crippen molar-refractivity contribution in [3.05, 3.63) is 53.6 Å². The number of nitrogens with zero attached hydrogens (tertiary/aromatic N) is 1. The molecule has 0 saturated carbocycles. The van der Waals surface area contributed by atoms with Gasteiger partial charge in [0, 0.05) is 18.4 Å². The van der Waals surface area contributed by atoms with Gasteiger partial charge in [0.1, 0.15) is 17.1 Å². The van der Waals surface area contributed by atoms with Crippen LogP contribution in [0, 0.1) is 0 Å². The van der Waals surface area contributed by atoms with Gasteiger partial charge in [-0.25, -0.2) is 9.78 Å².